The quantitative estimate of drug-likeness (QED) is 0.807. The maximum Gasteiger partial charge on any atom is 0.154 e. The van der Waals surface area contributed by atoms with Crippen LogP contribution in [0.3, 0.4) is 0 Å². The second-order valence-electron chi connectivity index (χ2n) is 3.87. The van der Waals surface area contributed by atoms with Crippen molar-refractivity contribution in [3.63, 3.8) is 0 Å². The number of anilines is 1. The normalized spacial score (nSPS) is 10.5. The van der Waals surface area contributed by atoms with Gasteiger partial charge in [-0.3, -0.25) is 4.68 Å². The zero-order valence-electron chi connectivity index (χ0n) is 10.1. The summed E-state index contributed by atoms with van der Waals surface area (Å²) in [5, 5.41) is 4.26. The first-order valence-corrected chi connectivity index (χ1v) is 5.50. The Hall–Kier alpha value is -2.04. The van der Waals surface area contributed by atoms with Crippen LogP contribution in [0.25, 0.3) is 0 Å². The van der Waals surface area contributed by atoms with Gasteiger partial charge in [0.15, 0.2) is 5.82 Å². The summed E-state index contributed by atoms with van der Waals surface area (Å²) in [6, 6.07) is 7.38. The van der Waals surface area contributed by atoms with Gasteiger partial charge in [0.05, 0.1) is 6.61 Å². The summed E-state index contributed by atoms with van der Waals surface area (Å²) in [5.74, 6) is 2.48. The minimum Gasteiger partial charge on any atom is -0.493 e. The largest absolute Gasteiger partial charge is 0.493 e. The van der Waals surface area contributed by atoms with Crippen molar-refractivity contribution >= 4 is 5.69 Å². The second-order valence-corrected chi connectivity index (χ2v) is 3.87. The molecule has 1 heterocycles. The fourth-order valence-corrected chi connectivity index (χ4v) is 1.50. The molecule has 0 spiro atoms. The van der Waals surface area contributed by atoms with Crippen LogP contribution < -0.4 is 10.5 Å². The number of rotatable bonds is 4. The zero-order valence-corrected chi connectivity index (χ0v) is 10.1. The van der Waals surface area contributed by atoms with E-state index < -0.39 is 0 Å². The van der Waals surface area contributed by atoms with E-state index in [4.69, 9.17) is 10.5 Å². The minimum atomic E-state index is 0.549. The molecular weight excluding hydrogens is 216 g/mol. The molecule has 0 fully saturated rings. The maximum absolute atomic E-state index is 5.66. The molecule has 17 heavy (non-hydrogen) atoms. The smallest absolute Gasteiger partial charge is 0.154 e. The van der Waals surface area contributed by atoms with Crippen LogP contribution in [-0.2, 0) is 13.5 Å². The van der Waals surface area contributed by atoms with Crippen molar-refractivity contribution in [3.8, 4) is 5.75 Å². The SMILES string of the molecule is Cc1nc(CCOc2cccc(N)c2)nn1C. The van der Waals surface area contributed by atoms with Crippen molar-refractivity contribution < 1.29 is 4.74 Å². The van der Waals surface area contributed by atoms with E-state index in [1.807, 2.05) is 32.2 Å². The van der Waals surface area contributed by atoms with Crippen molar-refractivity contribution in [2.45, 2.75) is 13.3 Å². The molecule has 0 saturated heterocycles. The molecule has 5 nitrogen and oxygen atoms in total. The molecule has 0 amide bonds. The van der Waals surface area contributed by atoms with Gasteiger partial charge >= 0.3 is 0 Å². The van der Waals surface area contributed by atoms with Crippen LogP contribution in [0.5, 0.6) is 5.75 Å². The summed E-state index contributed by atoms with van der Waals surface area (Å²) >= 11 is 0. The molecule has 0 aliphatic carbocycles. The zero-order chi connectivity index (χ0) is 12.3. The Morgan fingerprint density at radius 1 is 1.41 bits per heavy atom. The van der Waals surface area contributed by atoms with Gasteiger partial charge in [-0.15, -0.1) is 0 Å². The van der Waals surface area contributed by atoms with Crippen LogP contribution in [0.15, 0.2) is 24.3 Å². The Labute approximate surface area is 100 Å². The molecule has 2 N–H and O–H groups in total. The maximum atomic E-state index is 5.66. The lowest BCUT2D eigenvalue weighted by Gasteiger charge is -2.04. The first-order valence-electron chi connectivity index (χ1n) is 5.50. The van der Waals surface area contributed by atoms with Crippen LogP contribution in [0, 0.1) is 6.92 Å². The standard InChI is InChI=1S/C12H16N4O/c1-9-14-12(15-16(9)2)6-7-17-11-5-3-4-10(13)8-11/h3-5,8H,6-7,13H2,1-2H3. The summed E-state index contributed by atoms with van der Waals surface area (Å²) in [6.07, 6.45) is 0.691. The molecule has 1 aromatic heterocycles. The van der Waals surface area contributed by atoms with Crippen molar-refractivity contribution in [2.24, 2.45) is 7.05 Å². The molecule has 0 radical (unpaired) electrons. The average Bonchev–Trinajstić information content (AvgIpc) is 2.58. The molecule has 0 aliphatic rings. The first kappa shape index (κ1) is 11.4. The lowest BCUT2D eigenvalue weighted by molar-refractivity contribution is 0.319. The van der Waals surface area contributed by atoms with Crippen LogP contribution in [0.2, 0.25) is 0 Å². The Bertz CT molecular complexity index is 487. The van der Waals surface area contributed by atoms with Crippen LogP contribution in [0.1, 0.15) is 11.6 Å². The molecule has 0 bridgehead atoms. The summed E-state index contributed by atoms with van der Waals surface area (Å²) in [5.41, 5.74) is 6.36. The lowest BCUT2D eigenvalue weighted by atomic mass is 10.3. The molecule has 0 atom stereocenters. The molecule has 2 rings (SSSR count). The number of benzene rings is 1. The van der Waals surface area contributed by atoms with Gasteiger partial charge < -0.3 is 10.5 Å². The summed E-state index contributed by atoms with van der Waals surface area (Å²) in [7, 11) is 1.88. The number of nitrogens with zero attached hydrogens (tertiary/aromatic N) is 3. The molecule has 2 aromatic rings. The van der Waals surface area contributed by atoms with Gasteiger partial charge in [0, 0.05) is 25.2 Å². The Kier molecular flexibility index (Phi) is 3.27. The predicted molar refractivity (Wildman–Crippen MR) is 65.8 cm³/mol. The summed E-state index contributed by atoms with van der Waals surface area (Å²) < 4.78 is 7.33. The van der Waals surface area contributed by atoms with E-state index in [-0.39, 0.29) is 0 Å². The molecule has 1 aromatic carbocycles. The van der Waals surface area contributed by atoms with Crippen LogP contribution in [0.4, 0.5) is 5.69 Å². The van der Waals surface area contributed by atoms with E-state index in [1.165, 1.54) is 0 Å². The molecule has 90 valence electrons. The fourth-order valence-electron chi connectivity index (χ4n) is 1.50. The highest BCUT2D eigenvalue weighted by Gasteiger charge is 2.03. The Morgan fingerprint density at radius 3 is 2.88 bits per heavy atom. The Morgan fingerprint density at radius 2 is 2.24 bits per heavy atom. The molecule has 5 heteroatoms. The number of nitrogens with two attached hydrogens (primary N) is 1. The third kappa shape index (κ3) is 2.96. The van der Waals surface area contributed by atoms with Gasteiger partial charge in [-0.25, -0.2) is 4.98 Å². The van der Waals surface area contributed by atoms with E-state index in [9.17, 15) is 0 Å². The number of nitrogen functional groups attached to an aromatic ring is 1. The summed E-state index contributed by atoms with van der Waals surface area (Å²) in [6.45, 7) is 2.47. The van der Waals surface area contributed by atoms with Crippen LogP contribution >= 0.6 is 0 Å². The van der Waals surface area contributed by atoms with Crippen molar-refractivity contribution in [3.05, 3.63) is 35.9 Å². The minimum absolute atomic E-state index is 0.549. The summed E-state index contributed by atoms with van der Waals surface area (Å²) in [4.78, 5) is 4.31. The molecule has 0 aliphatic heterocycles. The van der Waals surface area contributed by atoms with Crippen LogP contribution in [-0.4, -0.2) is 21.4 Å². The topological polar surface area (TPSA) is 66.0 Å². The lowest BCUT2D eigenvalue weighted by Crippen LogP contribution is -2.03. The van der Waals surface area contributed by atoms with Gasteiger partial charge in [-0.2, -0.15) is 5.10 Å². The highest BCUT2D eigenvalue weighted by Crippen LogP contribution is 2.14. The van der Waals surface area contributed by atoms with E-state index in [0.717, 1.165) is 17.4 Å². The third-order valence-corrected chi connectivity index (χ3v) is 2.48. The molecule has 0 unspecified atom stereocenters. The van der Waals surface area contributed by atoms with Gasteiger partial charge in [0.1, 0.15) is 11.6 Å². The molecular formula is C12H16N4O. The highest BCUT2D eigenvalue weighted by molar-refractivity contribution is 5.43. The van der Waals surface area contributed by atoms with Gasteiger partial charge in [0.25, 0.3) is 0 Å². The van der Waals surface area contributed by atoms with Gasteiger partial charge in [-0.05, 0) is 19.1 Å². The number of hydrogen-bond acceptors (Lipinski definition) is 4. The number of ether oxygens (including phenoxy) is 1. The van der Waals surface area contributed by atoms with E-state index in [1.54, 1.807) is 10.7 Å². The highest BCUT2D eigenvalue weighted by atomic mass is 16.5. The van der Waals surface area contributed by atoms with Gasteiger partial charge in [-0.1, -0.05) is 6.07 Å². The number of aryl methyl sites for hydroxylation is 2. The number of hydrogen-bond donors (Lipinski definition) is 1. The second kappa shape index (κ2) is 4.86. The predicted octanol–water partition coefficient (Wildman–Crippen LogP) is 1.33. The van der Waals surface area contributed by atoms with E-state index in [2.05, 4.69) is 10.1 Å². The van der Waals surface area contributed by atoms with Gasteiger partial charge in [0.2, 0.25) is 0 Å². The third-order valence-electron chi connectivity index (χ3n) is 2.48. The first-order chi connectivity index (χ1) is 8.15. The monoisotopic (exact) mass is 232 g/mol. The average molecular weight is 232 g/mol. The molecule has 0 saturated carbocycles. The van der Waals surface area contributed by atoms with Crippen molar-refractivity contribution in [2.75, 3.05) is 12.3 Å². The van der Waals surface area contributed by atoms with Crippen molar-refractivity contribution in [1.29, 1.82) is 0 Å². The number of aromatic nitrogens is 3. The Balaban J connectivity index is 1.87. The van der Waals surface area contributed by atoms with Crippen molar-refractivity contribution in [1.82, 2.24) is 14.8 Å². The fraction of sp³-hybridized carbons (Fsp3) is 0.333. The van der Waals surface area contributed by atoms with E-state index in [0.29, 0.717) is 18.7 Å². The van der Waals surface area contributed by atoms with E-state index >= 15 is 0 Å².